The molecule has 1 saturated heterocycles. The zero-order chi connectivity index (χ0) is 68.9. The highest BCUT2D eigenvalue weighted by molar-refractivity contribution is 9.10. The molecule has 0 saturated carbocycles. The van der Waals surface area contributed by atoms with Gasteiger partial charge in [0.2, 0.25) is 0 Å². The van der Waals surface area contributed by atoms with Crippen LogP contribution in [0.5, 0.6) is 0 Å². The molecule has 1 aliphatic rings. The van der Waals surface area contributed by atoms with Gasteiger partial charge >= 0.3 is 7.12 Å². The summed E-state index contributed by atoms with van der Waals surface area (Å²) < 4.78 is 13.4. The van der Waals surface area contributed by atoms with Gasteiger partial charge in [0.1, 0.15) is 0 Å². The van der Waals surface area contributed by atoms with Crippen LogP contribution in [0.1, 0.15) is 27.7 Å². The summed E-state index contributed by atoms with van der Waals surface area (Å²) in [4.78, 5) is 38.8. The Labute approximate surface area is 598 Å². The van der Waals surface area contributed by atoms with Crippen molar-refractivity contribution in [3.8, 4) is 78.7 Å². The molecule has 8 aromatic heterocycles. The number of fused-ring (bicyclic) bond motifs is 10. The fourth-order valence-corrected chi connectivity index (χ4v) is 13.7. The molecule has 19 rings (SSSR count). The Morgan fingerprint density at radius 2 is 0.588 bits per heavy atom. The first-order valence-corrected chi connectivity index (χ1v) is 34.9. The molecule has 0 spiro atoms. The normalized spacial score (nSPS) is 13.2. The molecule has 0 unspecified atom stereocenters. The van der Waals surface area contributed by atoms with E-state index in [1.165, 1.54) is 0 Å². The molecule has 0 N–H and O–H groups in total. The van der Waals surface area contributed by atoms with Crippen LogP contribution in [0.25, 0.3) is 166 Å². The summed E-state index contributed by atoms with van der Waals surface area (Å²) in [5.74, 6) is 0. The molecule has 102 heavy (non-hydrogen) atoms. The first kappa shape index (κ1) is 63.4. The average Bonchev–Trinajstić information content (AvgIpc) is 1.65. The average molecular weight is 1380 g/mol. The van der Waals surface area contributed by atoms with E-state index in [-0.39, 0.29) is 18.3 Å². The summed E-state index contributed by atoms with van der Waals surface area (Å²) in [6, 6.07) is 104. The molecule has 10 aromatic carbocycles. The van der Waals surface area contributed by atoms with Gasteiger partial charge in [0.15, 0.2) is 0 Å². The van der Waals surface area contributed by atoms with E-state index >= 15 is 0 Å². The first-order chi connectivity index (χ1) is 49.8. The van der Waals surface area contributed by atoms with Crippen LogP contribution in [-0.2, 0) is 9.31 Å². The molecule has 9 heterocycles. The number of halogens is 1. The van der Waals surface area contributed by atoms with E-state index in [2.05, 4.69) is 284 Å². The number of hydrogen-bond donors (Lipinski definition) is 0. The first-order valence-electron chi connectivity index (χ1n) is 34.1. The molecule has 486 valence electrons. The summed E-state index contributed by atoms with van der Waals surface area (Å²) in [6.45, 7) is 8.28. The summed E-state index contributed by atoms with van der Waals surface area (Å²) in [6.07, 6.45) is 3.65. The highest BCUT2D eigenvalue weighted by Crippen LogP contribution is 2.38. The van der Waals surface area contributed by atoms with Crippen LogP contribution in [-0.4, -0.2) is 58.2 Å². The van der Waals surface area contributed by atoms with Gasteiger partial charge in [0.25, 0.3) is 0 Å². The molecule has 18 aromatic rings. The predicted octanol–water partition coefficient (Wildman–Crippen LogP) is 22.2. The van der Waals surface area contributed by atoms with Gasteiger partial charge in [0.05, 0.1) is 89.5 Å². The monoisotopic (exact) mass is 1380 g/mol. The molecule has 12 heteroatoms. The minimum Gasteiger partial charge on any atom is -0.399 e. The lowest BCUT2D eigenvalue weighted by Crippen LogP contribution is -2.41. The van der Waals surface area contributed by atoms with Crippen molar-refractivity contribution in [3.63, 3.8) is 0 Å². The van der Waals surface area contributed by atoms with E-state index in [1.54, 1.807) is 0 Å². The minimum absolute atomic E-state index is 0.331. The quantitative estimate of drug-likeness (QED) is 0.107. The zero-order valence-electron chi connectivity index (χ0n) is 56.4. The van der Waals surface area contributed by atoms with Crippen molar-refractivity contribution >= 4 is 116 Å². The minimum atomic E-state index is -0.344. The van der Waals surface area contributed by atoms with Gasteiger partial charge in [-0.1, -0.05) is 210 Å². The number of benzene rings is 10. The number of rotatable bonds is 8. The van der Waals surface area contributed by atoms with Crippen LogP contribution in [0.4, 0.5) is 0 Å². The SMILES string of the molecule is Brc1ccc2nc(-c3cccc(-c4ccc5ccc6cccnc6c5n4)c3)ccc2c1.CC1(C)OB(c2ccc3nc(-c4ccccc4)ccc3c2)OC1(C)C.c1ccc(-c2ccc3cc(-c4ccc5nc(-c6cccc(-c7ccc8ccc9cccnc9c8n7)c6)ccc5c4)ccc3n2)cc1. The molecular weight excluding hydrogens is 1320 g/mol. The van der Waals surface area contributed by atoms with E-state index in [0.717, 1.165) is 176 Å². The van der Waals surface area contributed by atoms with Crippen LogP contribution in [0, 0.1) is 0 Å². The molecule has 0 aliphatic carbocycles. The van der Waals surface area contributed by atoms with Crippen LogP contribution in [0.3, 0.4) is 0 Å². The summed E-state index contributed by atoms with van der Waals surface area (Å²) in [7, 11) is -0.344. The van der Waals surface area contributed by atoms with Gasteiger partial charge in [-0.05, 0) is 159 Å². The van der Waals surface area contributed by atoms with E-state index in [0.29, 0.717) is 0 Å². The highest BCUT2D eigenvalue weighted by atomic mass is 79.9. The Morgan fingerprint density at radius 1 is 0.255 bits per heavy atom. The molecule has 0 radical (unpaired) electrons. The Morgan fingerprint density at radius 3 is 1.02 bits per heavy atom. The van der Waals surface area contributed by atoms with Gasteiger partial charge in [-0.25, -0.2) is 29.9 Å². The Hall–Kier alpha value is -12.1. The van der Waals surface area contributed by atoms with Crippen LogP contribution >= 0.6 is 15.9 Å². The molecule has 1 aliphatic heterocycles. The van der Waals surface area contributed by atoms with Crippen molar-refractivity contribution in [1.29, 1.82) is 0 Å². The second-order valence-corrected chi connectivity index (χ2v) is 27.6. The third-order valence-corrected chi connectivity index (χ3v) is 20.0. The lowest BCUT2D eigenvalue weighted by Gasteiger charge is -2.32. The fraction of sp³-hybridized carbons (Fsp3) is 0.0667. The van der Waals surface area contributed by atoms with Crippen LogP contribution < -0.4 is 5.46 Å². The smallest absolute Gasteiger partial charge is 0.399 e. The lowest BCUT2D eigenvalue weighted by molar-refractivity contribution is 0.00578. The summed E-state index contributed by atoms with van der Waals surface area (Å²) in [5.41, 5.74) is 22.5. The maximum atomic E-state index is 6.15. The summed E-state index contributed by atoms with van der Waals surface area (Å²) >= 11 is 3.52. The lowest BCUT2D eigenvalue weighted by atomic mass is 9.78. The Balaban J connectivity index is 0.000000120. The van der Waals surface area contributed by atoms with Crippen LogP contribution in [0.2, 0.25) is 0 Å². The molecule has 0 bridgehead atoms. The largest absolute Gasteiger partial charge is 0.494 e. The van der Waals surface area contributed by atoms with E-state index in [1.807, 2.05) is 85.2 Å². The fourth-order valence-electron chi connectivity index (χ4n) is 13.3. The van der Waals surface area contributed by atoms with Crippen LogP contribution in [0.15, 0.2) is 320 Å². The number of aromatic nitrogens is 8. The van der Waals surface area contributed by atoms with Crippen molar-refractivity contribution in [2.24, 2.45) is 0 Å². The van der Waals surface area contributed by atoms with Gasteiger partial charge in [-0.15, -0.1) is 0 Å². The van der Waals surface area contributed by atoms with Gasteiger partial charge in [0, 0.05) is 88.0 Å². The Kier molecular flexibility index (Phi) is 16.5. The Bertz CT molecular complexity index is 6260. The zero-order valence-corrected chi connectivity index (χ0v) is 58.0. The molecule has 0 amide bonds. The standard InChI is InChI=1S/C42H26N4.C27H16BrN3.C21H22BNO2/c1-2-6-27(7-3-1)36-21-16-34-24-30(14-19-38(34)44-36)31-15-20-39-35(25-31)17-22-37(45-39)32-8-4-9-33(26-32)40-18-13-29-12-11-28-10-5-23-43-41(28)42(29)46-40;28-22-10-13-24-21(16-22)9-12-23(30-24)19-3-1-4-20(15-19)25-11-8-18-7-6-17-5-2-14-29-26(17)27(18)31-25;1-20(2)21(3,4)25-22(24-20)17-11-13-19-16(14-17)10-12-18(23-19)15-8-6-5-7-9-15/h1-26H;1-16H;5-14H,1-4H3. The molecule has 1 fully saturated rings. The highest BCUT2D eigenvalue weighted by Gasteiger charge is 2.51. The molecule has 10 nitrogen and oxygen atoms in total. The number of hydrogen-bond acceptors (Lipinski definition) is 10. The number of nitrogens with zero attached hydrogens (tertiary/aromatic N) is 8. The predicted molar refractivity (Wildman–Crippen MR) is 423 cm³/mol. The maximum absolute atomic E-state index is 6.15. The second kappa shape index (κ2) is 26.6. The van der Waals surface area contributed by atoms with E-state index in [9.17, 15) is 0 Å². The molecular formula is C90H64BBrN8O2. The van der Waals surface area contributed by atoms with Gasteiger partial charge in [-0.2, -0.15) is 0 Å². The number of pyridine rings is 8. The van der Waals surface area contributed by atoms with Gasteiger partial charge in [-0.3, -0.25) is 9.97 Å². The summed E-state index contributed by atoms with van der Waals surface area (Å²) in [5, 5.41) is 8.79. The van der Waals surface area contributed by atoms with E-state index in [4.69, 9.17) is 39.2 Å². The van der Waals surface area contributed by atoms with Crippen molar-refractivity contribution in [2.75, 3.05) is 0 Å². The maximum Gasteiger partial charge on any atom is 0.494 e. The van der Waals surface area contributed by atoms with Crippen molar-refractivity contribution < 1.29 is 9.31 Å². The van der Waals surface area contributed by atoms with Crippen molar-refractivity contribution in [1.82, 2.24) is 39.9 Å². The second-order valence-electron chi connectivity index (χ2n) is 26.7. The van der Waals surface area contributed by atoms with E-state index < -0.39 is 0 Å². The molecule has 0 atom stereocenters. The third-order valence-electron chi connectivity index (χ3n) is 19.5. The third kappa shape index (κ3) is 12.7. The van der Waals surface area contributed by atoms with Crippen molar-refractivity contribution in [3.05, 3.63) is 320 Å². The topological polar surface area (TPSA) is 122 Å². The van der Waals surface area contributed by atoms with Gasteiger partial charge < -0.3 is 9.31 Å². The van der Waals surface area contributed by atoms with Crippen molar-refractivity contribution in [2.45, 2.75) is 38.9 Å².